The highest BCUT2D eigenvalue weighted by Crippen LogP contribution is 2.28. The Balaban J connectivity index is 2.10. The molecule has 2 heterocycles. The van der Waals surface area contributed by atoms with Gasteiger partial charge in [-0.25, -0.2) is 4.98 Å². The zero-order valence-electron chi connectivity index (χ0n) is 8.21. The Hall–Kier alpha value is -2.25. The predicted octanol–water partition coefficient (Wildman–Crippen LogP) is 2.27. The molecule has 2 N–H and O–H groups in total. The third-order valence-electron chi connectivity index (χ3n) is 1.86. The molecule has 0 atom stereocenters. The lowest BCUT2D eigenvalue weighted by molar-refractivity contribution is -0.140. The molecule has 8 heteroatoms. The summed E-state index contributed by atoms with van der Waals surface area (Å²) in [6, 6.07) is 2.86. The summed E-state index contributed by atoms with van der Waals surface area (Å²) in [5, 5.41) is 2.14. The van der Waals surface area contributed by atoms with Crippen molar-refractivity contribution in [2.45, 2.75) is 6.18 Å². The summed E-state index contributed by atoms with van der Waals surface area (Å²) in [6.07, 6.45) is -2.66. The third kappa shape index (κ3) is 2.47. The van der Waals surface area contributed by atoms with Crippen LogP contribution in [0.2, 0.25) is 0 Å². The second-order valence-electron chi connectivity index (χ2n) is 3.07. The smallest absolute Gasteiger partial charge is 0.432 e. The first-order valence-electron chi connectivity index (χ1n) is 4.44. The van der Waals surface area contributed by atoms with E-state index in [2.05, 4.69) is 10.3 Å². The van der Waals surface area contributed by atoms with Crippen LogP contribution in [0.15, 0.2) is 29.0 Å². The number of anilines is 1. The summed E-state index contributed by atoms with van der Waals surface area (Å²) >= 11 is 0. The average Bonchev–Trinajstić information content (AvgIpc) is 2.85. The molecule has 0 radical (unpaired) electrons. The minimum atomic E-state index is -4.53. The van der Waals surface area contributed by atoms with Gasteiger partial charge in [-0.05, 0) is 12.1 Å². The number of aromatic nitrogens is 2. The molecule has 0 aliphatic heterocycles. The number of nitrogens with zero attached hydrogens (tertiary/aromatic N) is 1. The predicted molar refractivity (Wildman–Crippen MR) is 50.3 cm³/mol. The fourth-order valence-corrected chi connectivity index (χ4v) is 1.11. The Morgan fingerprint density at radius 1 is 1.47 bits per heavy atom. The van der Waals surface area contributed by atoms with Crippen LogP contribution < -0.4 is 5.32 Å². The van der Waals surface area contributed by atoms with E-state index in [-0.39, 0.29) is 11.7 Å². The maximum absolute atomic E-state index is 12.2. The highest BCUT2D eigenvalue weighted by molar-refractivity contribution is 6.01. The summed E-state index contributed by atoms with van der Waals surface area (Å²) in [5.74, 6) is -0.994. The van der Waals surface area contributed by atoms with E-state index < -0.39 is 17.8 Å². The second-order valence-corrected chi connectivity index (χ2v) is 3.07. The summed E-state index contributed by atoms with van der Waals surface area (Å²) in [5.41, 5.74) is -1.03. The van der Waals surface area contributed by atoms with Crippen LogP contribution in [0.3, 0.4) is 0 Å². The van der Waals surface area contributed by atoms with Gasteiger partial charge in [0.2, 0.25) is 5.95 Å². The van der Waals surface area contributed by atoms with Gasteiger partial charge in [-0.2, -0.15) is 13.2 Å². The van der Waals surface area contributed by atoms with E-state index in [1.807, 2.05) is 4.98 Å². The van der Waals surface area contributed by atoms with Crippen LogP contribution in [-0.2, 0) is 6.18 Å². The van der Waals surface area contributed by atoms with Crippen molar-refractivity contribution in [3.05, 3.63) is 36.0 Å². The maximum atomic E-state index is 12.2. The minimum Gasteiger partial charge on any atom is -0.459 e. The van der Waals surface area contributed by atoms with Crippen molar-refractivity contribution >= 4 is 11.9 Å². The number of amides is 1. The Morgan fingerprint density at radius 2 is 2.24 bits per heavy atom. The molecule has 0 aromatic carbocycles. The fraction of sp³-hybridized carbons (Fsp3) is 0.111. The van der Waals surface area contributed by atoms with Crippen LogP contribution >= 0.6 is 0 Å². The van der Waals surface area contributed by atoms with Crippen LogP contribution in [0.4, 0.5) is 19.1 Å². The number of alkyl halides is 3. The molecule has 1 amide bonds. The van der Waals surface area contributed by atoms with E-state index in [1.54, 1.807) is 0 Å². The van der Waals surface area contributed by atoms with Gasteiger partial charge in [0, 0.05) is 0 Å². The quantitative estimate of drug-likeness (QED) is 0.852. The van der Waals surface area contributed by atoms with E-state index in [0.717, 1.165) is 0 Å². The zero-order chi connectivity index (χ0) is 12.5. The normalized spacial score (nSPS) is 11.5. The van der Waals surface area contributed by atoms with Crippen LogP contribution in [0.5, 0.6) is 0 Å². The number of H-pyrrole nitrogens is 1. The van der Waals surface area contributed by atoms with Gasteiger partial charge in [-0.3, -0.25) is 10.1 Å². The molecule has 0 aliphatic rings. The van der Waals surface area contributed by atoms with Crippen molar-refractivity contribution in [1.82, 2.24) is 9.97 Å². The zero-order valence-corrected chi connectivity index (χ0v) is 8.21. The van der Waals surface area contributed by atoms with Gasteiger partial charge in [0.1, 0.15) is 5.69 Å². The third-order valence-corrected chi connectivity index (χ3v) is 1.86. The van der Waals surface area contributed by atoms with E-state index in [9.17, 15) is 18.0 Å². The number of imidazole rings is 1. The molecule has 90 valence electrons. The first-order chi connectivity index (χ1) is 7.97. The average molecular weight is 245 g/mol. The number of rotatable bonds is 2. The maximum Gasteiger partial charge on any atom is 0.432 e. The van der Waals surface area contributed by atoms with Crippen LogP contribution in [0.25, 0.3) is 0 Å². The molecule has 0 saturated carbocycles. The molecule has 0 unspecified atom stereocenters. The Morgan fingerprint density at radius 3 is 2.76 bits per heavy atom. The van der Waals surface area contributed by atoms with Gasteiger partial charge in [-0.1, -0.05) is 0 Å². The SMILES string of the molecule is O=C(Nc1ncc(C(F)(F)F)[nH]1)c1ccco1. The molecule has 0 fully saturated rings. The van der Waals surface area contributed by atoms with Crippen molar-refractivity contribution in [3.8, 4) is 0 Å². The molecule has 0 saturated heterocycles. The lowest BCUT2D eigenvalue weighted by atomic mass is 10.4. The van der Waals surface area contributed by atoms with Crippen LogP contribution in [0, 0.1) is 0 Å². The van der Waals surface area contributed by atoms with Crippen molar-refractivity contribution < 1.29 is 22.4 Å². The lowest BCUT2D eigenvalue weighted by Gasteiger charge is -2.01. The monoisotopic (exact) mass is 245 g/mol. The fourth-order valence-electron chi connectivity index (χ4n) is 1.11. The molecule has 2 rings (SSSR count). The van der Waals surface area contributed by atoms with Gasteiger partial charge in [0.05, 0.1) is 12.5 Å². The first-order valence-corrected chi connectivity index (χ1v) is 4.44. The van der Waals surface area contributed by atoms with E-state index in [1.165, 1.54) is 18.4 Å². The molecular formula is C9H6F3N3O2. The van der Waals surface area contributed by atoms with Crippen molar-refractivity contribution in [3.63, 3.8) is 0 Å². The number of aromatic amines is 1. The highest BCUT2D eigenvalue weighted by atomic mass is 19.4. The summed E-state index contributed by atoms with van der Waals surface area (Å²) in [6.45, 7) is 0. The van der Waals surface area contributed by atoms with Crippen molar-refractivity contribution in [1.29, 1.82) is 0 Å². The van der Waals surface area contributed by atoms with Gasteiger partial charge in [0.25, 0.3) is 5.91 Å². The standard InChI is InChI=1S/C9H6F3N3O2/c10-9(11,12)6-4-13-8(14-6)15-7(16)5-2-1-3-17-5/h1-4H,(H2,13,14,15,16). The minimum absolute atomic E-state index is 0.0186. The highest BCUT2D eigenvalue weighted by Gasteiger charge is 2.33. The molecule has 17 heavy (non-hydrogen) atoms. The molecule has 0 bridgehead atoms. The number of carbonyl (C=O) groups is 1. The number of hydrogen-bond acceptors (Lipinski definition) is 3. The van der Waals surface area contributed by atoms with Crippen molar-refractivity contribution in [2.75, 3.05) is 5.32 Å². The largest absolute Gasteiger partial charge is 0.459 e. The molecule has 5 nitrogen and oxygen atoms in total. The Labute approximate surface area is 92.6 Å². The first kappa shape index (κ1) is 11.2. The van der Waals surface area contributed by atoms with Gasteiger partial charge in [-0.15, -0.1) is 0 Å². The Bertz CT molecular complexity index is 516. The summed E-state index contributed by atoms with van der Waals surface area (Å²) in [7, 11) is 0. The molecular weight excluding hydrogens is 239 g/mol. The van der Waals surface area contributed by atoms with Crippen LogP contribution in [-0.4, -0.2) is 15.9 Å². The number of furan rings is 1. The molecule has 2 aromatic heterocycles. The number of halogens is 3. The van der Waals surface area contributed by atoms with E-state index in [4.69, 9.17) is 4.42 Å². The summed E-state index contributed by atoms with van der Waals surface area (Å²) in [4.78, 5) is 16.7. The van der Waals surface area contributed by atoms with Gasteiger partial charge in [0.15, 0.2) is 5.76 Å². The van der Waals surface area contributed by atoms with E-state index in [0.29, 0.717) is 6.20 Å². The molecule has 0 spiro atoms. The van der Waals surface area contributed by atoms with Crippen LogP contribution in [0.1, 0.15) is 16.2 Å². The van der Waals surface area contributed by atoms with Gasteiger partial charge < -0.3 is 9.40 Å². The lowest BCUT2D eigenvalue weighted by Crippen LogP contribution is -2.12. The molecule has 0 aliphatic carbocycles. The van der Waals surface area contributed by atoms with Gasteiger partial charge >= 0.3 is 6.18 Å². The number of hydrogen-bond donors (Lipinski definition) is 2. The number of nitrogens with one attached hydrogen (secondary N) is 2. The van der Waals surface area contributed by atoms with E-state index >= 15 is 0 Å². The number of carbonyl (C=O) groups excluding carboxylic acids is 1. The molecule has 2 aromatic rings. The van der Waals surface area contributed by atoms with Crippen molar-refractivity contribution in [2.24, 2.45) is 0 Å². The Kier molecular flexibility index (Phi) is 2.62. The summed E-state index contributed by atoms with van der Waals surface area (Å²) < 4.78 is 41.4. The second kappa shape index (κ2) is 3.96. The topological polar surface area (TPSA) is 70.9 Å².